The Hall–Kier alpha value is -2.84. The number of carbonyl (C=O) groups excluding carboxylic acids is 1. The third kappa shape index (κ3) is 3.07. The molecule has 6 nitrogen and oxygen atoms in total. The minimum Gasteiger partial charge on any atom is -0.466 e. The molecule has 0 fully saturated rings. The number of methoxy groups -OCH3 is 1. The number of ether oxygens (including phenoxy) is 1. The second-order valence-electron chi connectivity index (χ2n) is 5.88. The number of carbonyl (C=O) groups is 1. The van der Waals surface area contributed by atoms with Crippen LogP contribution in [0.3, 0.4) is 0 Å². The number of pyridine rings is 1. The Morgan fingerprint density at radius 3 is 2.85 bits per heavy atom. The summed E-state index contributed by atoms with van der Waals surface area (Å²) in [5, 5.41) is 1.92. The molecular weight excluding hydrogens is 382 g/mol. The number of thiophene rings is 1. The van der Waals surface area contributed by atoms with Gasteiger partial charge in [0.2, 0.25) is 0 Å². The monoisotopic (exact) mass is 397 g/mol. The fraction of sp³-hybridized carbons (Fsp3) is 0.158. The van der Waals surface area contributed by atoms with Crippen molar-refractivity contribution in [3.8, 4) is 0 Å². The third-order valence-corrected chi connectivity index (χ3v) is 6.13. The standard InChI is InChI=1S/C19H15N3O3S2/c1-11-15(18(24)25-2)16(13-6-4-8-26-13)22-17(23)14(27-19(22)21-11)9-12-5-3-7-20-10-12/h3-10,16H,1-2H3/b14-9+/t16-/m1/s1. The lowest BCUT2D eigenvalue weighted by atomic mass is 10.0. The summed E-state index contributed by atoms with van der Waals surface area (Å²) < 4.78 is 7.09. The predicted molar refractivity (Wildman–Crippen MR) is 104 cm³/mol. The van der Waals surface area contributed by atoms with Gasteiger partial charge in [0.1, 0.15) is 6.04 Å². The zero-order valence-corrected chi connectivity index (χ0v) is 16.2. The van der Waals surface area contributed by atoms with Crippen molar-refractivity contribution in [2.75, 3.05) is 7.11 Å². The molecule has 3 aromatic heterocycles. The van der Waals surface area contributed by atoms with Gasteiger partial charge in [-0.3, -0.25) is 14.3 Å². The summed E-state index contributed by atoms with van der Waals surface area (Å²) in [6, 6.07) is 6.97. The first kappa shape index (κ1) is 17.6. The molecule has 1 aliphatic heterocycles. The molecule has 0 unspecified atom stereocenters. The van der Waals surface area contributed by atoms with Gasteiger partial charge < -0.3 is 4.74 Å². The summed E-state index contributed by atoms with van der Waals surface area (Å²) in [5.41, 5.74) is 1.60. The summed E-state index contributed by atoms with van der Waals surface area (Å²) in [4.78, 5) is 35.7. The minimum atomic E-state index is -0.537. The van der Waals surface area contributed by atoms with Crippen LogP contribution in [0, 0.1) is 0 Å². The molecule has 1 atom stereocenters. The maximum Gasteiger partial charge on any atom is 0.338 e. The predicted octanol–water partition coefficient (Wildman–Crippen LogP) is 1.86. The van der Waals surface area contributed by atoms with Crippen LogP contribution in [0.25, 0.3) is 6.08 Å². The second kappa shape index (κ2) is 7.05. The number of allylic oxidation sites excluding steroid dienone is 1. The van der Waals surface area contributed by atoms with Crippen LogP contribution in [0.1, 0.15) is 23.4 Å². The molecule has 0 aliphatic carbocycles. The number of thiazole rings is 1. The zero-order valence-electron chi connectivity index (χ0n) is 14.6. The molecule has 0 saturated heterocycles. The van der Waals surface area contributed by atoms with E-state index in [4.69, 9.17) is 4.74 Å². The molecule has 0 spiro atoms. The van der Waals surface area contributed by atoms with Crippen LogP contribution in [0.2, 0.25) is 0 Å². The summed E-state index contributed by atoms with van der Waals surface area (Å²) in [6.07, 6.45) is 5.17. The Kier molecular flexibility index (Phi) is 4.59. The topological polar surface area (TPSA) is 73.6 Å². The van der Waals surface area contributed by atoms with E-state index in [0.717, 1.165) is 10.4 Å². The van der Waals surface area contributed by atoms with Gasteiger partial charge in [-0.2, -0.15) is 0 Å². The Balaban J connectivity index is 1.98. The first-order valence-electron chi connectivity index (χ1n) is 8.14. The van der Waals surface area contributed by atoms with Gasteiger partial charge in [-0.1, -0.05) is 23.5 Å². The highest BCUT2D eigenvalue weighted by Gasteiger charge is 2.33. The highest BCUT2D eigenvalue weighted by molar-refractivity contribution is 7.10. The van der Waals surface area contributed by atoms with E-state index >= 15 is 0 Å². The van der Waals surface area contributed by atoms with Gasteiger partial charge in [0.15, 0.2) is 4.80 Å². The van der Waals surface area contributed by atoms with E-state index in [1.54, 1.807) is 30.0 Å². The summed E-state index contributed by atoms with van der Waals surface area (Å²) in [6.45, 7) is 1.77. The van der Waals surface area contributed by atoms with E-state index in [0.29, 0.717) is 20.6 Å². The van der Waals surface area contributed by atoms with E-state index in [1.165, 1.54) is 29.8 Å². The number of nitrogens with zero attached hydrogens (tertiary/aromatic N) is 3. The Morgan fingerprint density at radius 2 is 2.19 bits per heavy atom. The molecule has 0 saturated carbocycles. The number of fused-ring (bicyclic) bond motifs is 1. The first-order valence-corrected chi connectivity index (χ1v) is 9.84. The van der Waals surface area contributed by atoms with Crippen LogP contribution in [0.15, 0.2) is 63.1 Å². The Morgan fingerprint density at radius 1 is 1.33 bits per heavy atom. The lowest BCUT2D eigenvalue weighted by molar-refractivity contribution is -0.136. The number of hydrogen-bond acceptors (Lipinski definition) is 7. The van der Waals surface area contributed by atoms with Crippen LogP contribution in [0.5, 0.6) is 0 Å². The molecule has 0 N–H and O–H groups in total. The van der Waals surface area contributed by atoms with Gasteiger partial charge in [-0.25, -0.2) is 9.79 Å². The lowest BCUT2D eigenvalue weighted by Gasteiger charge is -2.22. The van der Waals surface area contributed by atoms with Gasteiger partial charge in [0, 0.05) is 17.3 Å². The molecule has 0 amide bonds. The number of aromatic nitrogens is 2. The van der Waals surface area contributed by atoms with Gasteiger partial charge in [0.05, 0.1) is 22.9 Å². The molecule has 0 bridgehead atoms. The molecule has 0 radical (unpaired) electrons. The van der Waals surface area contributed by atoms with Crippen molar-refractivity contribution in [1.82, 2.24) is 9.55 Å². The molecule has 1 aliphatic rings. The van der Waals surface area contributed by atoms with Crippen LogP contribution in [-0.4, -0.2) is 22.6 Å². The molecule has 4 heterocycles. The van der Waals surface area contributed by atoms with E-state index in [1.807, 2.05) is 29.6 Å². The number of rotatable bonds is 3. The molecule has 8 heteroatoms. The number of esters is 1. The molecule has 0 aromatic carbocycles. The van der Waals surface area contributed by atoms with E-state index in [-0.39, 0.29) is 5.56 Å². The second-order valence-corrected chi connectivity index (χ2v) is 7.86. The van der Waals surface area contributed by atoms with Gasteiger partial charge >= 0.3 is 5.97 Å². The maximum absolute atomic E-state index is 13.2. The van der Waals surface area contributed by atoms with Crippen molar-refractivity contribution in [1.29, 1.82) is 0 Å². The maximum atomic E-state index is 13.2. The van der Waals surface area contributed by atoms with Gasteiger partial charge in [0.25, 0.3) is 5.56 Å². The van der Waals surface area contributed by atoms with Gasteiger partial charge in [-0.15, -0.1) is 11.3 Å². The molecule has 4 rings (SSSR count). The molecule has 27 heavy (non-hydrogen) atoms. The lowest BCUT2D eigenvalue weighted by Crippen LogP contribution is -2.39. The summed E-state index contributed by atoms with van der Waals surface area (Å²) in [7, 11) is 1.33. The summed E-state index contributed by atoms with van der Waals surface area (Å²) >= 11 is 2.79. The molecular formula is C19H15N3O3S2. The van der Waals surface area contributed by atoms with Crippen molar-refractivity contribution in [2.45, 2.75) is 13.0 Å². The van der Waals surface area contributed by atoms with Crippen molar-refractivity contribution in [3.05, 3.63) is 83.4 Å². The van der Waals surface area contributed by atoms with E-state index in [9.17, 15) is 9.59 Å². The SMILES string of the molecule is COC(=O)C1=C(C)N=c2s/c(=C/c3cccnc3)c(=O)n2[C@@H]1c1cccs1. The van der Waals surface area contributed by atoms with Gasteiger partial charge in [-0.05, 0) is 36.1 Å². The van der Waals surface area contributed by atoms with Crippen LogP contribution in [0.4, 0.5) is 0 Å². The van der Waals surface area contributed by atoms with Crippen molar-refractivity contribution < 1.29 is 9.53 Å². The fourth-order valence-corrected chi connectivity index (χ4v) is 4.89. The Labute approximate surface area is 162 Å². The number of hydrogen-bond donors (Lipinski definition) is 0. The zero-order chi connectivity index (χ0) is 19.0. The highest BCUT2D eigenvalue weighted by Crippen LogP contribution is 2.32. The highest BCUT2D eigenvalue weighted by atomic mass is 32.1. The van der Waals surface area contributed by atoms with Crippen LogP contribution in [-0.2, 0) is 9.53 Å². The van der Waals surface area contributed by atoms with Crippen molar-refractivity contribution in [2.24, 2.45) is 4.99 Å². The van der Waals surface area contributed by atoms with Crippen molar-refractivity contribution >= 4 is 34.7 Å². The quantitative estimate of drug-likeness (QED) is 0.633. The smallest absolute Gasteiger partial charge is 0.338 e. The Bertz CT molecular complexity index is 1210. The third-order valence-electron chi connectivity index (χ3n) is 4.22. The van der Waals surface area contributed by atoms with Crippen LogP contribution >= 0.6 is 22.7 Å². The normalized spacial score (nSPS) is 16.8. The first-order chi connectivity index (χ1) is 13.1. The van der Waals surface area contributed by atoms with E-state index < -0.39 is 12.0 Å². The molecule has 3 aromatic rings. The largest absolute Gasteiger partial charge is 0.466 e. The minimum absolute atomic E-state index is 0.185. The van der Waals surface area contributed by atoms with E-state index in [2.05, 4.69) is 9.98 Å². The summed E-state index contributed by atoms with van der Waals surface area (Å²) in [5.74, 6) is -0.476. The average Bonchev–Trinajstić information content (AvgIpc) is 3.30. The molecule has 136 valence electrons. The van der Waals surface area contributed by atoms with Crippen LogP contribution < -0.4 is 14.9 Å². The average molecular weight is 397 g/mol. The van der Waals surface area contributed by atoms with Crippen molar-refractivity contribution in [3.63, 3.8) is 0 Å². The fourth-order valence-electron chi connectivity index (χ4n) is 3.02.